The molecule has 1 aliphatic heterocycles. The third-order valence-electron chi connectivity index (χ3n) is 7.78. The van der Waals surface area contributed by atoms with Gasteiger partial charge < -0.3 is 29.0 Å². The van der Waals surface area contributed by atoms with Crippen LogP contribution >= 0.6 is 0 Å². The van der Waals surface area contributed by atoms with Crippen LogP contribution in [0.2, 0.25) is 0 Å². The normalized spacial score (nSPS) is 13.8. The first-order valence-corrected chi connectivity index (χ1v) is 15.9. The lowest BCUT2D eigenvalue weighted by molar-refractivity contribution is -0.145. The van der Waals surface area contributed by atoms with Crippen molar-refractivity contribution in [3.63, 3.8) is 0 Å². The topological polar surface area (TPSA) is 94.5 Å². The Bertz CT molecular complexity index is 1430. The molecule has 1 unspecified atom stereocenters. The average molecular weight is 622 g/mol. The number of hydrogen-bond donors (Lipinski definition) is 1. The van der Waals surface area contributed by atoms with Gasteiger partial charge in [0.2, 0.25) is 6.41 Å². The number of ether oxygens (including phenoxy) is 4. The summed E-state index contributed by atoms with van der Waals surface area (Å²) >= 11 is 0. The van der Waals surface area contributed by atoms with Crippen LogP contribution in [0.1, 0.15) is 69.6 Å². The van der Waals surface area contributed by atoms with E-state index in [0.717, 1.165) is 65.8 Å². The summed E-state index contributed by atoms with van der Waals surface area (Å²) in [5, 5.41) is 10.7. The minimum Gasteiger partial charge on any atom is -0.507 e. The highest BCUT2D eigenvalue weighted by molar-refractivity contribution is 5.72. The molecule has 242 valence electrons. The van der Waals surface area contributed by atoms with Gasteiger partial charge in [-0.15, -0.1) is 0 Å². The maximum Gasteiger partial charge on any atom is 0.307 e. The van der Waals surface area contributed by atoms with Gasteiger partial charge in [0.25, 0.3) is 0 Å². The van der Waals surface area contributed by atoms with Gasteiger partial charge in [-0.05, 0) is 66.6 Å². The highest BCUT2D eigenvalue weighted by Gasteiger charge is 2.28. The van der Waals surface area contributed by atoms with Crippen molar-refractivity contribution in [3.8, 4) is 34.1 Å². The lowest BCUT2D eigenvalue weighted by Gasteiger charge is -2.34. The third-order valence-corrected chi connectivity index (χ3v) is 7.78. The monoisotopic (exact) mass is 621 g/mol. The maximum atomic E-state index is 13.4. The third kappa shape index (κ3) is 8.90. The quantitative estimate of drug-likeness (QED) is 0.0984. The number of nitrogens with zero attached hydrogens (tertiary/aromatic N) is 1. The molecule has 1 N–H and O–H groups in total. The van der Waals surface area contributed by atoms with Crippen molar-refractivity contribution in [1.29, 1.82) is 0 Å². The Labute approximate surface area is 265 Å². The molecular formula is C36H44FNO7. The summed E-state index contributed by atoms with van der Waals surface area (Å²) in [4.78, 5) is 25.4. The molecule has 8 nitrogen and oxygen atoms in total. The number of esters is 1. The number of carbonyl (C=O) groups excluding carboxylic acids is 2. The van der Waals surface area contributed by atoms with Gasteiger partial charge in [0.05, 0.1) is 26.2 Å². The number of benzene rings is 3. The average Bonchev–Trinajstić information content (AvgIpc) is 3.05. The Kier molecular flexibility index (Phi) is 12.5. The molecule has 45 heavy (non-hydrogen) atoms. The number of carbonyl (C=O) groups is 2. The number of aromatic hydroxyl groups is 1. The van der Waals surface area contributed by atoms with E-state index in [1.165, 1.54) is 17.0 Å². The molecule has 1 atom stereocenters. The van der Waals surface area contributed by atoms with Gasteiger partial charge in [-0.3, -0.25) is 9.59 Å². The second-order valence-electron chi connectivity index (χ2n) is 11.1. The highest BCUT2D eigenvalue weighted by Crippen LogP contribution is 2.39. The van der Waals surface area contributed by atoms with Gasteiger partial charge in [0.1, 0.15) is 28.8 Å². The van der Waals surface area contributed by atoms with Gasteiger partial charge in [-0.25, -0.2) is 4.39 Å². The summed E-state index contributed by atoms with van der Waals surface area (Å²) in [5.74, 6) is 1.54. The molecule has 0 spiro atoms. The van der Waals surface area contributed by atoms with Crippen LogP contribution in [0.4, 0.5) is 4.39 Å². The number of amides is 1. The van der Waals surface area contributed by atoms with Gasteiger partial charge in [0.15, 0.2) is 6.23 Å². The summed E-state index contributed by atoms with van der Waals surface area (Å²) in [6.45, 7) is 7.47. The van der Waals surface area contributed by atoms with Crippen molar-refractivity contribution in [2.75, 3.05) is 26.4 Å². The van der Waals surface area contributed by atoms with Crippen molar-refractivity contribution in [2.45, 2.75) is 78.4 Å². The van der Waals surface area contributed by atoms with Crippen molar-refractivity contribution in [3.05, 3.63) is 71.0 Å². The molecule has 0 saturated carbocycles. The zero-order valence-corrected chi connectivity index (χ0v) is 26.5. The Morgan fingerprint density at radius 3 is 2.47 bits per heavy atom. The summed E-state index contributed by atoms with van der Waals surface area (Å²) < 4.78 is 37.2. The van der Waals surface area contributed by atoms with E-state index < -0.39 is 6.23 Å². The zero-order chi connectivity index (χ0) is 32.2. The van der Waals surface area contributed by atoms with Crippen molar-refractivity contribution in [1.82, 2.24) is 4.90 Å². The lowest BCUT2D eigenvalue weighted by atomic mass is 9.97. The molecule has 3 aromatic carbocycles. The van der Waals surface area contributed by atoms with Crippen LogP contribution in [-0.4, -0.2) is 55.0 Å². The number of fused-ring (bicyclic) bond motifs is 1. The van der Waals surface area contributed by atoms with E-state index in [0.29, 0.717) is 50.4 Å². The standard InChI is InChI=1S/C36H44FNO7/c1-4-8-29-32(15-11-27-12-16-34(45-36(27)29)38(24-39)18-17-35(41)44-19-5-2)42-20-7-21-43-33-23-31(40)30(22-25(33)6-3)26-9-13-28(37)14-10-26/h9-11,13-15,22-24,34,40H,4-8,12,16-21H2,1-3H3. The molecule has 4 rings (SSSR count). The number of hydrogen-bond acceptors (Lipinski definition) is 7. The first-order chi connectivity index (χ1) is 21.9. The lowest BCUT2D eigenvalue weighted by Crippen LogP contribution is -2.42. The fourth-order valence-corrected chi connectivity index (χ4v) is 5.41. The van der Waals surface area contributed by atoms with E-state index in [9.17, 15) is 19.1 Å². The molecular weight excluding hydrogens is 577 g/mol. The van der Waals surface area contributed by atoms with Gasteiger partial charge in [-0.2, -0.15) is 0 Å². The Balaban J connectivity index is 1.36. The van der Waals surface area contributed by atoms with Crippen molar-refractivity contribution >= 4 is 12.4 Å². The van der Waals surface area contributed by atoms with E-state index in [1.807, 2.05) is 32.0 Å². The summed E-state index contributed by atoms with van der Waals surface area (Å²) in [7, 11) is 0. The molecule has 0 radical (unpaired) electrons. The molecule has 0 aromatic heterocycles. The summed E-state index contributed by atoms with van der Waals surface area (Å²) in [6.07, 6.45) is 5.51. The number of phenolic OH excluding ortho intramolecular Hbond substituents is 1. The minimum atomic E-state index is -0.466. The summed E-state index contributed by atoms with van der Waals surface area (Å²) in [5.41, 5.74) is 4.37. The molecule has 1 heterocycles. The molecule has 0 saturated heterocycles. The van der Waals surface area contributed by atoms with Crippen LogP contribution in [0.5, 0.6) is 23.0 Å². The fraction of sp³-hybridized carbons (Fsp3) is 0.444. The SMILES string of the molecule is CCCOC(=O)CCN(C=O)C1CCc2ccc(OCCCOc3cc(O)c(-c4ccc(F)cc4)cc3CC)c(CCC)c2O1. The number of rotatable bonds is 17. The first kappa shape index (κ1) is 33.6. The molecule has 3 aromatic rings. The number of halogens is 1. The van der Waals surface area contributed by atoms with Crippen LogP contribution < -0.4 is 14.2 Å². The Morgan fingerprint density at radius 2 is 1.78 bits per heavy atom. The molecule has 0 aliphatic carbocycles. The van der Waals surface area contributed by atoms with Crippen LogP contribution in [0.25, 0.3) is 11.1 Å². The van der Waals surface area contributed by atoms with E-state index in [2.05, 4.69) is 6.92 Å². The van der Waals surface area contributed by atoms with Crippen LogP contribution in [0, 0.1) is 5.82 Å². The zero-order valence-electron chi connectivity index (χ0n) is 26.5. The minimum absolute atomic E-state index is 0.0752. The highest BCUT2D eigenvalue weighted by atomic mass is 19.1. The molecule has 1 amide bonds. The van der Waals surface area contributed by atoms with Crippen LogP contribution in [0.3, 0.4) is 0 Å². The molecule has 9 heteroatoms. The van der Waals surface area contributed by atoms with Gasteiger partial charge in [-0.1, -0.05) is 45.4 Å². The van der Waals surface area contributed by atoms with E-state index in [1.54, 1.807) is 18.2 Å². The Morgan fingerprint density at radius 1 is 1.02 bits per heavy atom. The van der Waals surface area contributed by atoms with E-state index in [4.69, 9.17) is 18.9 Å². The summed E-state index contributed by atoms with van der Waals surface area (Å²) in [6, 6.07) is 13.5. The molecule has 0 bridgehead atoms. The number of phenols is 1. The van der Waals surface area contributed by atoms with Gasteiger partial charge >= 0.3 is 5.97 Å². The van der Waals surface area contributed by atoms with Crippen molar-refractivity contribution in [2.24, 2.45) is 0 Å². The van der Waals surface area contributed by atoms with Crippen molar-refractivity contribution < 1.29 is 38.0 Å². The largest absolute Gasteiger partial charge is 0.507 e. The molecule has 0 fully saturated rings. The second kappa shape index (κ2) is 16.7. The predicted octanol–water partition coefficient (Wildman–Crippen LogP) is 7.01. The van der Waals surface area contributed by atoms with E-state index in [-0.39, 0.29) is 30.5 Å². The van der Waals surface area contributed by atoms with Crippen LogP contribution in [-0.2, 0) is 33.6 Å². The van der Waals surface area contributed by atoms with E-state index >= 15 is 0 Å². The Hall–Kier alpha value is -4.27. The molecule has 1 aliphatic rings. The fourth-order valence-electron chi connectivity index (χ4n) is 5.41. The van der Waals surface area contributed by atoms with Gasteiger partial charge in [0, 0.05) is 36.6 Å². The predicted molar refractivity (Wildman–Crippen MR) is 170 cm³/mol. The smallest absolute Gasteiger partial charge is 0.307 e. The van der Waals surface area contributed by atoms with Crippen LogP contribution in [0.15, 0.2) is 48.5 Å². The second-order valence-corrected chi connectivity index (χ2v) is 11.1. The first-order valence-electron chi connectivity index (χ1n) is 15.9. The number of aryl methyl sites for hydroxylation is 2. The maximum absolute atomic E-state index is 13.4.